The SMILES string of the molecule is CSC(C[N+](=O)[O-])=C(C#N)C#N. The Morgan fingerprint density at radius 2 is 2.08 bits per heavy atom. The number of thioether (sulfide) groups is 1. The lowest BCUT2D eigenvalue weighted by atomic mass is 10.3. The number of nitriles is 2. The summed E-state index contributed by atoms with van der Waals surface area (Å²) in [5.41, 5.74) is -0.181. The molecule has 5 nitrogen and oxygen atoms in total. The maximum absolute atomic E-state index is 10.0. The molecule has 0 radical (unpaired) electrons. The quantitative estimate of drug-likeness (QED) is 0.368. The zero-order valence-corrected chi connectivity index (χ0v) is 7.09. The summed E-state index contributed by atoms with van der Waals surface area (Å²) in [4.78, 5) is 9.67. The van der Waals surface area contributed by atoms with Crippen LogP contribution in [0.25, 0.3) is 0 Å². The first-order chi connectivity index (χ1) is 5.65. The third-order valence-electron chi connectivity index (χ3n) is 1.02. The van der Waals surface area contributed by atoms with Gasteiger partial charge in [-0.1, -0.05) is 0 Å². The van der Waals surface area contributed by atoms with Gasteiger partial charge in [0.25, 0.3) is 0 Å². The van der Waals surface area contributed by atoms with Crippen molar-refractivity contribution >= 4 is 11.8 Å². The molecular weight excluding hydrogens is 178 g/mol. The molecule has 0 atom stereocenters. The Kier molecular flexibility index (Phi) is 4.51. The maximum atomic E-state index is 10.0. The van der Waals surface area contributed by atoms with Crippen molar-refractivity contribution in [1.82, 2.24) is 0 Å². The first-order valence-corrected chi connectivity index (χ1v) is 4.07. The highest BCUT2D eigenvalue weighted by Crippen LogP contribution is 2.15. The minimum absolute atomic E-state index is 0.181. The number of allylic oxidation sites excluding steroid dienone is 1. The van der Waals surface area contributed by atoms with Gasteiger partial charge >= 0.3 is 0 Å². The lowest BCUT2D eigenvalue weighted by Crippen LogP contribution is -2.03. The van der Waals surface area contributed by atoms with Crippen molar-refractivity contribution in [3.8, 4) is 12.1 Å². The largest absolute Gasteiger partial charge is 0.264 e. The van der Waals surface area contributed by atoms with Crippen molar-refractivity contribution in [2.75, 3.05) is 12.8 Å². The van der Waals surface area contributed by atoms with E-state index in [0.717, 1.165) is 11.8 Å². The van der Waals surface area contributed by atoms with Gasteiger partial charge in [0.05, 0.1) is 4.91 Å². The van der Waals surface area contributed by atoms with Gasteiger partial charge in [-0.15, -0.1) is 11.8 Å². The molecule has 0 saturated heterocycles. The molecular formula is C6H5N3O2S. The predicted octanol–water partition coefficient (Wildman–Crippen LogP) is 0.927. The Hall–Kier alpha value is -1.53. The minimum atomic E-state index is -0.569. The first kappa shape index (κ1) is 10.5. The molecule has 0 aromatic carbocycles. The average Bonchev–Trinajstić information content (AvgIpc) is 2.04. The summed E-state index contributed by atoms with van der Waals surface area (Å²) < 4.78 is 0. The highest BCUT2D eigenvalue weighted by molar-refractivity contribution is 8.02. The van der Waals surface area contributed by atoms with E-state index < -0.39 is 11.5 Å². The summed E-state index contributed by atoms with van der Waals surface area (Å²) in [7, 11) is 0. The summed E-state index contributed by atoms with van der Waals surface area (Å²) in [6, 6.07) is 3.20. The summed E-state index contributed by atoms with van der Waals surface area (Å²) in [6.07, 6.45) is 1.59. The van der Waals surface area contributed by atoms with E-state index in [4.69, 9.17) is 10.5 Å². The van der Waals surface area contributed by atoms with Crippen LogP contribution in [0.15, 0.2) is 10.5 Å². The average molecular weight is 183 g/mol. The van der Waals surface area contributed by atoms with Crippen LogP contribution < -0.4 is 0 Å². The van der Waals surface area contributed by atoms with Gasteiger partial charge in [0.1, 0.15) is 17.7 Å². The van der Waals surface area contributed by atoms with E-state index in [0.29, 0.717) is 0 Å². The van der Waals surface area contributed by atoms with Crippen LogP contribution >= 0.6 is 11.8 Å². The third kappa shape index (κ3) is 3.04. The number of nitrogens with zero attached hydrogens (tertiary/aromatic N) is 3. The van der Waals surface area contributed by atoms with Gasteiger partial charge < -0.3 is 0 Å². The van der Waals surface area contributed by atoms with Crippen LogP contribution in [-0.4, -0.2) is 17.7 Å². The molecule has 0 N–H and O–H groups in total. The van der Waals surface area contributed by atoms with Crippen molar-refractivity contribution in [3.63, 3.8) is 0 Å². The zero-order chi connectivity index (χ0) is 9.56. The Labute approximate surface area is 73.4 Å². The summed E-state index contributed by atoms with van der Waals surface area (Å²) in [6.45, 7) is -0.461. The predicted molar refractivity (Wildman–Crippen MR) is 43.6 cm³/mol. The van der Waals surface area contributed by atoms with E-state index in [1.807, 2.05) is 0 Å². The normalized spacial score (nSPS) is 7.92. The molecule has 0 aromatic heterocycles. The van der Waals surface area contributed by atoms with Crippen molar-refractivity contribution in [3.05, 3.63) is 20.6 Å². The number of nitro groups is 1. The van der Waals surface area contributed by atoms with Gasteiger partial charge in [-0.3, -0.25) is 10.1 Å². The topological polar surface area (TPSA) is 90.7 Å². The second-order valence-corrected chi connectivity index (χ2v) is 2.62. The van der Waals surface area contributed by atoms with Crippen LogP contribution in [-0.2, 0) is 0 Å². The van der Waals surface area contributed by atoms with Crippen LogP contribution in [0.5, 0.6) is 0 Å². The second-order valence-electron chi connectivity index (χ2n) is 1.72. The molecule has 6 heteroatoms. The van der Waals surface area contributed by atoms with Gasteiger partial charge in [-0.05, 0) is 6.26 Å². The first-order valence-electron chi connectivity index (χ1n) is 2.84. The van der Waals surface area contributed by atoms with Gasteiger partial charge in [0.2, 0.25) is 6.54 Å². The molecule has 0 aliphatic carbocycles. The maximum Gasteiger partial charge on any atom is 0.236 e. The van der Waals surface area contributed by atoms with Crippen LogP contribution in [0.1, 0.15) is 0 Å². The number of hydrogen-bond donors (Lipinski definition) is 0. The molecule has 0 spiro atoms. The van der Waals surface area contributed by atoms with Crippen molar-refractivity contribution in [1.29, 1.82) is 10.5 Å². The van der Waals surface area contributed by atoms with Crippen molar-refractivity contribution in [2.24, 2.45) is 0 Å². The number of hydrogen-bond acceptors (Lipinski definition) is 5. The van der Waals surface area contributed by atoms with E-state index >= 15 is 0 Å². The van der Waals surface area contributed by atoms with E-state index in [2.05, 4.69) is 0 Å². The lowest BCUT2D eigenvalue weighted by Gasteiger charge is -1.95. The molecule has 0 bridgehead atoms. The van der Waals surface area contributed by atoms with E-state index in [-0.39, 0.29) is 10.5 Å². The fourth-order valence-electron chi connectivity index (χ4n) is 0.513. The van der Waals surface area contributed by atoms with Crippen LogP contribution in [0, 0.1) is 32.8 Å². The zero-order valence-electron chi connectivity index (χ0n) is 6.27. The number of rotatable bonds is 3. The fourth-order valence-corrected chi connectivity index (χ4v) is 1.04. The Morgan fingerprint density at radius 3 is 2.33 bits per heavy atom. The molecule has 12 heavy (non-hydrogen) atoms. The van der Waals surface area contributed by atoms with Crippen molar-refractivity contribution in [2.45, 2.75) is 0 Å². The van der Waals surface area contributed by atoms with E-state index in [1.165, 1.54) is 0 Å². The fraction of sp³-hybridized carbons (Fsp3) is 0.333. The molecule has 62 valence electrons. The molecule has 0 aliphatic heterocycles. The molecule has 0 heterocycles. The Morgan fingerprint density at radius 1 is 1.58 bits per heavy atom. The van der Waals surface area contributed by atoms with Gasteiger partial charge in [-0.2, -0.15) is 10.5 Å². The lowest BCUT2D eigenvalue weighted by molar-refractivity contribution is -0.469. The Bertz CT molecular complexity index is 281. The molecule has 0 amide bonds. The summed E-state index contributed by atoms with van der Waals surface area (Å²) >= 11 is 1.05. The third-order valence-corrected chi connectivity index (χ3v) is 1.85. The van der Waals surface area contributed by atoms with Gasteiger partial charge in [0, 0.05) is 4.92 Å². The minimum Gasteiger partial charge on any atom is -0.264 e. The van der Waals surface area contributed by atoms with Crippen LogP contribution in [0.4, 0.5) is 0 Å². The van der Waals surface area contributed by atoms with Gasteiger partial charge in [0.15, 0.2) is 0 Å². The van der Waals surface area contributed by atoms with Crippen LogP contribution in [0.3, 0.4) is 0 Å². The molecule has 0 unspecified atom stereocenters. The highest BCUT2D eigenvalue weighted by atomic mass is 32.2. The van der Waals surface area contributed by atoms with E-state index in [1.54, 1.807) is 18.4 Å². The monoisotopic (exact) mass is 183 g/mol. The molecule has 0 aromatic rings. The standard InChI is InChI=1S/C6H5N3O2S/c1-12-6(4-9(10)11)5(2-7)3-8/h4H2,1H3. The van der Waals surface area contributed by atoms with Gasteiger partial charge in [-0.25, -0.2) is 0 Å². The molecule has 0 aliphatic rings. The van der Waals surface area contributed by atoms with Crippen molar-refractivity contribution < 1.29 is 4.92 Å². The summed E-state index contributed by atoms with van der Waals surface area (Å²) in [5.74, 6) is 0. The van der Waals surface area contributed by atoms with E-state index in [9.17, 15) is 10.1 Å². The Balaban J connectivity index is 4.76. The molecule has 0 rings (SSSR count). The van der Waals surface area contributed by atoms with Crippen LogP contribution in [0.2, 0.25) is 0 Å². The molecule has 0 fully saturated rings. The smallest absolute Gasteiger partial charge is 0.236 e. The highest BCUT2D eigenvalue weighted by Gasteiger charge is 2.10. The second kappa shape index (κ2) is 5.16. The molecule has 0 saturated carbocycles. The summed E-state index contributed by atoms with van der Waals surface area (Å²) in [5, 5.41) is 26.8.